The molecule has 154 valence electrons. The highest BCUT2D eigenvalue weighted by Crippen LogP contribution is 2.46. The normalized spacial score (nSPS) is 15.7. The van der Waals surface area contributed by atoms with E-state index in [1.54, 1.807) is 10.6 Å². The third-order valence-electron chi connectivity index (χ3n) is 4.18. The van der Waals surface area contributed by atoms with Gasteiger partial charge in [0.15, 0.2) is 0 Å². The van der Waals surface area contributed by atoms with Crippen molar-refractivity contribution in [2.24, 2.45) is 0 Å². The Bertz CT molecular complexity index is 857. The van der Waals surface area contributed by atoms with Crippen LogP contribution in [0.3, 0.4) is 0 Å². The third kappa shape index (κ3) is 8.34. The molecule has 0 spiro atoms. The van der Waals surface area contributed by atoms with Gasteiger partial charge in [0, 0.05) is 0 Å². The van der Waals surface area contributed by atoms with E-state index < -0.39 is 20.8 Å². The van der Waals surface area contributed by atoms with Gasteiger partial charge in [-0.15, -0.1) is 3.63 Å². The first-order chi connectivity index (χ1) is 13.2. The summed E-state index contributed by atoms with van der Waals surface area (Å²) in [5, 5.41) is 3.10. The molecular formula is C18H23O7PS2. The highest BCUT2D eigenvalue weighted by atomic mass is 32.3. The van der Waals surface area contributed by atoms with E-state index in [4.69, 9.17) is 9.11 Å². The molecule has 0 saturated heterocycles. The second kappa shape index (κ2) is 10.4. The Morgan fingerprint density at radius 3 is 1.43 bits per heavy atom. The monoisotopic (exact) mass is 446 g/mol. The number of rotatable bonds is 5. The summed E-state index contributed by atoms with van der Waals surface area (Å²) in [7, 11) is -10.4. The van der Waals surface area contributed by atoms with E-state index in [-0.39, 0.29) is 7.92 Å². The van der Waals surface area contributed by atoms with Gasteiger partial charge in [-0.1, -0.05) is 79.9 Å². The number of benzene rings is 2. The lowest BCUT2D eigenvalue weighted by Gasteiger charge is -2.31. The highest BCUT2D eigenvalue weighted by molar-refractivity contribution is 7.94. The molecule has 1 saturated carbocycles. The molecule has 1 fully saturated rings. The molecule has 0 heterocycles. The molecule has 0 amide bonds. The van der Waals surface area contributed by atoms with E-state index in [2.05, 4.69) is 64.3 Å². The summed E-state index contributed by atoms with van der Waals surface area (Å²) in [6.45, 7) is 0. The van der Waals surface area contributed by atoms with Crippen molar-refractivity contribution in [3.8, 4) is 0 Å². The molecule has 2 N–H and O–H groups in total. The van der Waals surface area contributed by atoms with Crippen molar-refractivity contribution in [2.45, 2.75) is 37.8 Å². The van der Waals surface area contributed by atoms with E-state index in [0.29, 0.717) is 0 Å². The van der Waals surface area contributed by atoms with Crippen LogP contribution in [0.25, 0.3) is 0 Å². The van der Waals surface area contributed by atoms with Crippen molar-refractivity contribution in [1.29, 1.82) is 0 Å². The predicted molar refractivity (Wildman–Crippen MR) is 110 cm³/mol. The molecule has 1 aliphatic rings. The van der Waals surface area contributed by atoms with Gasteiger partial charge in [-0.25, -0.2) is 0 Å². The lowest BCUT2D eigenvalue weighted by Crippen LogP contribution is -2.23. The zero-order valence-corrected chi connectivity index (χ0v) is 17.6. The lowest BCUT2D eigenvalue weighted by molar-refractivity contribution is 0.344. The Morgan fingerprint density at radius 1 is 0.714 bits per heavy atom. The summed E-state index contributed by atoms with van der Waals surface area (Å²) in [6.07, 6.45) is 7.10. The topological polar surface area (TPSA) is 118 Å². The van der Waals surface area contributed by atoms with Crippen molar-refractivity contribution in [3.05, 3.63) is 60.7 Å². The molecule has 10 heteroatoms. The van der Waals surface area contributed by atoms with Gasteiger partial charge in [0.25, 0.3) is 0 Å². The van der Waals surface area contributed by atoms with Crippen LogP contribution in [-0.4, -0.2) is 31.6 Å². The van der Waals surface area contributed by atoms with Crippen LogP contribution in [0.5, 0.6) is 0 Å². The summed E-state index contributed by atoms with van der Waals surface area (Å²) in [6, 6.07) is 22.3. The van der Waals surface area contributed by atoms with E-state index in [1.165, 1.54) is 32.1 Å². The molecule has 28 heavy (non-hydrogen) atoms. The van der Waals surface area contributed by atoms with Gasteiger partial charge in [0.1, 0.15) is 0 Å². The van der Waals surface area contributed by atoms with Gasteiger partial charge in [-0.05, 0) is 37.0 Å². The van der Waals surface area contributed by atoms with Crippen LogP contribution in [0.2, 0.25) is 0 Å². The first-order valence-corrected chi connectivity index (χ1v) is 12.8. The largest absolute Gasteiger partial charge is 0.413 e. The fourth-order valence-electron chi connectivity index (χ4n) is 3.20. The van der Waals surface area contributed by atoms with Crippen LogP contribution in [0.1, 0.15) is 32.1 Å². The summed E-state index contributed by atoms with van der Waals surface area (Å²) in [5.74, 6) is 0. The molecule has 0 bridgehead atoms. The SMILES string of the molecule is O=S(=O)(O)OS(=O)(=O)O.c1ccc(P(c2ccccc2)C2CCCCC2)cc1. The Hall–Kier alpha value is -1.35. The maximum absolute atomic E-state index is 9.44. The maximum atomic E-state index is 9.44. The van der Waals surface area contributed by atoms with Crippen molar-refractivity contribution >= 4 is 39.3 Å². The van der Waals surface area contributed by atoms with Crippen LogP contribution in [0.15, 0.2) is 60.7 Å². The second-order valence-electron chi connectivity index (χ2n) is 6.26. The minimum atomic E-state index is -5.12. The van der Waals surface area contributed by atoms with Crippen molar-refractivity contribution in [3.63, 3.8) is 0 Å². The van der Waals surface area contributed by atoms with E-state index in [1.807, 2.05) is 0 Å². The average Bonchev–Trinajstić information content (AvgIpc) is 2.62. The van der Waals surface area contributed by atoms with Gasteiger partial charge in [0.05, 0.1) is 0 Å². The zero-order valence-electron chi connectivity index (χ0n) is 15.1. The van der Waals surface area contributed by atoms with Crippen LogP contribution in [0, 0.1) is 0 Å². The Kier molecular flexibility index (Phi) is 8.55. The molecule has 0 atom stereocenters. The molecule has 7 nitrogen and oxygen atoms in total. The Balaban J connectivity index is 0.000000266. The van der Waals surface area contributed by atoms with Crippen LogP contribution in [0.4, 0.5) is 0 Å². The first-order valence-electron chi connectivity index (χ1n) is 8.71. The summed E-state index contributed by atoms with van der Waals surface area (Å²) in [4.78, 5) is 0. The molecule has 2 aromatic rings. The maximum Gasteiger partial charge on any atom is 0.413 e. The second-order valence-corrected chi connectivity index (χ2v) is 11.0. The van der Waals surface area contributed by atoms with E-state index in [0.717, 1.165) is 5.66 Å². The predicted octanol–water partition coefficient (Wildman–Crippen LogP) is 3.06. The minimum absolute atomic E-state index is 0.169. The van der Waals surface area contributed by atoms with Crippen LogP contribution < -0.4 is 10.6 Å². The summed E-state index contributed by atoms with van der Waals surface area (Å²) in [5.41, 5.74) is 0.883. The molecule has 1 aliphatic carbocycles. The smallest absolute Gasteiger partial charge is 0.263 e. The van der Waals surface area contributed by atoms with Crippen molar-refractivity contribution < 1.29 is 29.6 Å². The van der Waals surface area contributed by atoms with Gasteiger partial charge in [-0.3, -0.25) is 9.11 Å². The molecule has 0 aromatic heterocycles. The lowest BCUT2D eigenvalue weighted by atomic mass is 10.0. The zero-order chi connectivity index (χ0) is 20.6. The molecule has 0 unspecified atom stereocenters. The number of hydrogen-bond acceptors (Lipinski definition) is 5. The minimum Gasteiger partial charge on any atom is -0.263 e. The van der Waals surface area contributed by atoms with E-state index in [9.17, 15) is 16.8 Å². The fraction of sp³-hybridized carbons (Fsp3) is 0.333. The third-order valence-corrected chi connectivity index (χ3v) is 8.51. The van der Waals surface area contributed by atoms with E-state index >= 15 is 0 Å². The van der Waals surface area contributed by atoms with Crippen molar-refractivity contribution in [1.82, 2.24) is 0 Å². The van der Waals surface area contributed by atoms with Gasteiger partial charge < -0.3 is 0 Å². The average molecular weight is 446 g/mol. The Labute approximate surface area is 167 Å². The molecule has 0 radical (unpaired) electrons. The molecule has 0 aliphatic heterocycles. The van der Waals surface area contributed by atoms with Crippen LogP contribution >= 0.6 is 7.92 Å². The first kappa shape index (κ1) is 22.9. The highest BCUT2D eigenvalue weighted by Gasteiger charge is 2.25. The fourth-order valence-corrected chi connectivity index (χ4v) is 7.07. The van der Waals surface area contributed by atoms with Gasteiger partial charge in [-0.2, -0.15) is 16.8 Å². The summed E-state index contributed by atoms with van der Waals surface area (Å²) >= 11 is 0. The summed E-state index contributed by atoms with van der Waals surface area (Å²) < 4.78 is 55.6. The molecular weight excluding hydrogens is 423 g/mol. The molecule has 2 aromatic carbocycles. The Morgan fingerprint density at radius 2 is 1.11 bits per heavy atom. The van der Waals surface area contributed by atoms with Crippen LogP contribution in [-0.2, 0) is 24.4 Å². The van der Waals surface area contributed by atoms with Gasteiger partial charge in [0.2, 0.25) is 0 Å². The quantitative estimate of drug-likeness (QED) is 0.535. The van der Waals surface area contributed by atoms with Crippen molar-refractivity contribution in [2.75, 3.05) is 0 Å². The standard InChI is InChI=1S/C18H21P.H2O7S2/c1-4-10-16(11-5-1)19(17-12-6-2-7-13-17)18-14-8-3-9-15-18;1-8(2,3)7-9(4,5)6/h1-2,4-7,10-13,18H,3,8-9,14-15H2;(H,1,2,3)(H,4,5,6). The molecule has 3 rings (SSSR count). The number of hydrogen-bond donors (Lipinski definition) is 2. The van der Waals surface area contributed by atoms with Gasteiger partial charge >= 0.3 is 20.8 Å².